The largest absolute Gasteiger partial charge is 0.480 e. The molecule has 122 valence electrons. The van der Waals surface area contributed by atoms with Crippen LogP contribution < -0.4 is 5.32 Å². The molecule has 1 unspecified atom stereocenters. The van der Waals surface area contributed by atoms with Gasteiger partial charge in [0.1, 0.15) is 11.6 Å². The second-order valence-corrected chi connectivity index (χ2v) is 5.60. The summed E-state index contributed by atoms with van der Waals surface area (Å²) in [6.07, 6.45) is -1.35. The van der Waals surface area contributed by atoms with E-state index in [1.807, 2.05) is 6.92 Å². The summed E-state index contributed by atoms with van der Waals surface area (Å²) in [4.78, 5) is 34.7. The summed E-state index contributed by atoms with van der Waals surface area (Å²) in [6, 6.07) is -1.20. The maximum Gasteiger partial charge on any atom is 0.408 e. The van der Waals surface area contributed by atoms with Crippen molar-refractivity contribution in [3.8, 4) is 0 Å². The summed E-state index contributed by atoms with van der Waals surface area (Å²) in [5, 5.41) is 20.3. The number of carbonyl (C=O) groups excluding carboxylic acids is 1. The fourth-order valence-corrected chi connectivity index (χ4v) is 1.57. The lowest BCUT2D eigenvalue weighted by Crippen LogP contribution is -2.45. The molecule has 8 nitrogen and oxygen atoms in total. The number of carboxylic acid groups (broad SMARTS) is 2. The van der Waals surface area contributed by atoms with Crippen LogP contribution in [0.2, 0.25) is 0 Å². The highest BCUT2D eigenvalue weighted by Crippen LogP contribution is 2.07. The van der Waals surface area contributed by atoms with Crippen LogP contribution in [0.15, 0.2) is 0 Å². The number of nitrogens with one attached hydrogen (secondary N) is 1. The molecule has 0 saturated heterocycles. The van der Waals surface area contributed by atoms with Crippen LogP contribution in [0.4, 0.5) is 9.59 Å². The topological polar surface area (TPSA) is 116 Å². The Morgan fingerprint density at radius 3 is 2.14 bits per heavy atom. The summed E-state index contributed by atoms with van der Waals surface area (Å²) in [5.74, 6) is -1.23. The Labute approximate surface area is 124 Å². The highest BCUT2D eigenvalue weighted by molar-refractivity contribution is 5.80. The molecule has 8 heteroatoms. The first-order chi connectivity index (χ1) is 9.56. The second kappa shape index (κ2) is 8.33. The molecule has 0 fully saturated rings. The lowest BCUT2D eigenvalue weighted by molar-refractivity contribution is -0.139. The van der Waals surface area contributed by atoms with Crippen LogP contribution >= 0.6 is 0 Å². The van der Waals surface area contributed by atoms with E-state index in [-0.39, 0.29) is 13.0 Å². The lowest BCUT2D eigenvalue weighted by atomic mass is 10.2. The number of carbonyl (C=O) groups is 3. The van der Waals surface area contributed by atoms with E-state index < -0.39 is 29.8 Å². The van der Waals surface area contributed by atoms with Crippen molar-refractivity contribution in [2.24, 2.45) is 0 Å². The summed E-state index contributed by atoms with van der Waals surface area (Å²) < 4.78 is 4.98. The van der Waals surface area contributed by atoms with Crippen LogP contribution in [0.1, 0.15) is 40.5 Å². The van der Waals surface area contributed by atoms with Crippen molar-refractivity contribution in [2.45, 2.75) is 52.2 Å². The molecule has 3 N–H and O–H groups in total. The zero-order chi connectivity index (χ0) is 16.6. The Morgan fingerprint density at radius 2 is 1.76 bits per heavy atom. The third-order valence-corrected chi connectivity index (χ3v) is 2.44. The van der Waals surface area contributed by atoms with E-state index in [0.29, 0.717) is 13.0 Å². The van der Waals surface area contributed by atoms with E-state index >= 15 is 0 Å². The van der Waals surface area contributed by atoms with Crippen LogP contribution in [0.25, 0.3) is 0 Å². The fraction of sp³-hybridized carbons (Fsp3) is 0.769. The molecule has 0 spiro atoms. The van der Waals surface area contributed by atoms with Crippen LogP contribution in [-0.4, -0.2) is 58.0 Å². The Morgan fingerprint density at radius 1 is 1.19 bits per heavy atom. The van der Waals surface area contributed by atoms with Gasteiger partial charge in [0.2, 0.25) is 0 Å². The highest BCUT2D eigenvalue weighted by Gasteiger charge is 2.25. The Bertz CT molecular complexity index is 377. The van der Waals surface area contributed by atoms with E-state index in [4.69, 9.17) is 14.9 Å². The van der Waals surface area contributed by atoms with Gasteiger partial charge >= 0.3 is 18.2 Å². The summed E-state index contributed by atoms with van der Waals surface area (Å²) in [7, 11) is 0. The molecular weight excluding hydrogens is 280 g/mol. The van der Waals surface area contributed by atoms with Crippen molar-refractivity contribution in [1.29, 1.82) is 0 Å². The van der Waals surface area contributed by atoms with E-state index in [2.05, 4.69) is 5.32 Å². The average Bonchev–Trinajstić information content (AvgIpc) is 2.29. The van der Waals surface area contributed by atoms with Gasteiger partial charge in [-0.2, -0.15) is 0 Å². The fourth-order valence-electron chi connectivity index (χ4n) is 1.57. The summed E-state index contributed by atoms with van der Waals surface area (Å²) >= 11 is 0. The van der Waals surface area contributed by atoms with Gasteiger partial charge in [0.05, 0.1) is 0 Å². The van der Waals surface area contributed by atoms with Crippen molar-refractivity contribution in [3.05, 3.63) is 0 Å². The second-order valence-electron chi connectivity index (χ2n) is 5.60. The van der Waals surface area contributed by atoms with E-state index in [9.17, 15) is 14.4 Å². The molecule has 21 heavy (non-hydrogen) atoms. The molecule has 0 bridgehead atoms. The molecule has 1 atom stereocenters. The third kappa shape index (κ3) is 8.72. The number of alkyl carbamates (subject to hydrolysis) is 1. The smallest absolute Gasteiger partial charge is 0.408 e. The van der Waals surface area contributed by atoms with Crippen LogP contribution in [0.5, 0.6) is 0 Å². The zero-order valence-corrected chi connectivity index (χ0v) is 12.9. The number of ether oxygens (including phenoxy) is 1. The molecular formula is C13H24N2O6. The van der Waals surface area contributed by atoms with Gasteiger partial charge in [0.15, 0.2) is 0 Å². The number of hydrogen-bond acceptors (Lipinski definition) is 4. The number of rotatable bonds is 7. The van der Waals surface area contributed by atoms with Crippen molar-refractivity contribution in [1.82, 2.24) is 10.2 Å². The van der Waals surface area contributed by atoms with Crippen molar-refractivity contribution in [2.75, 3.05) is 13.1 Å². The predicted molar refractivity (Wildman–Crippen MR) is 75.3 cm³/mol. The molecule has 0 aliphatic rings. The third-order valence-electron chi connectivity index (χ3n) is 2.44. The molecule has 0 aliphatic carbocycles. The Balaban J connectivity index is 4.53. The van der Waals surface area contributed by atoms with Crippen molar-refractivity contribution in [3.63, 3.8) is 0 Å². The number of carboxylic acids is 1. The highest BCUT2D eigenvalue weighted by atomic mass is 16.6. The van der Waals surface area contributed by atoms with Crippen molar-refractivity contribution >= 4 is 18.2 Å². The van der Waals surface area contributed by atoms with Gasteiger partial charge in [-0.15, -0.1) is 0 Å². The molecule has 0 aromatic heterocycles. The Hall–Kier alpha value is -1.99. The molecule has 0 radical (unpaired) electrons. The normalized spacial score (nSPS) is 12.4. The Kier molecular flexibility index (Phi) is 7.54. The maximum absolute atomic E-state index is 11.6. The van der Waals surface area contributed by atoms with E-state index in [0.717, 1.165) is 4.90 Å². The average molecular weight is 304 g/mol. The van der Waals surface area contributed by atoms with Crippen LogP contribution in [0, 0.1) is 0 Å². The zero-order valence-electron chi connectivity index (χ0n) is 12.9. The molecule has 0 aromatic carbocycles. The van der Waals surface area contributed by atoms with Crippen LogP contribution in [0.3, 0.4) is 0 Å². The minimum absolute atomic E-state index is 0.0237. The number of nitrogens with zero attached hydrogens (tertiary/aromatic N) is 1. The van der Waals surface area contributed by atoms with Gasteiger partial charge in [-0.1, -0.05) is 6.92 Å². The van der Waals surface area contributed by atoms with E-state index in [1.54, 1.807) is 20.8 Å². The number of hydrogen-bond donors (Lipinski definition) is 3. The summed E-state index contributed by atoms with van der Waals surface area (Å²) in [6.45, 7) is 7.15. The molecule has 2 amide bonds. The van der Waals surface area contributed by atoms with Gasteiger partial charge in [-0.05, 0) is 33.6 Å². The number of aliphatic carboxylic acids is 1. The van der Waals surface area contributed by atoms with Gasteiger partial charge in [0, 0.05) is 13.1 Å². The van der Waals surface area contributed by atoms with E-state index in [1.165, 1.54) is 0 Å². The molecule has 0 heterocycles. The minimum atomic E-state index is -1.23. The molecule has 0 aliphatic heterocycles. The van der Waals surface area contributed by atoms with Gasteiger partial charge in [-0.3, -0.25) is 0 Å². The first-order valence-corrected chi connectivity index (χ1v) is 6.77. The van der Waals surface area contributed by atoms with Crippen molar-refractivity contribution < 1.29 is 29.3 Å². The minimum Gasteiger partial charge on any atom is -0.480 e. The van der Waals surface area contributed by atoms with Crippen LogP contribution in [-0.2, 0) is 9.53 Å². The first kappa shape index (κ1) is 19.0. The predicted octanol–water partition coefficient (Wildman–Crippen LogP) is 1.74. The van der Waals surface area contributed by atoms with Gasteiger partial charge in [-0.25, -0.2) is 14.4 Å². The standard InChI is InChI=1S/C13H24N2O6/c1-5-7-15(12(19)20)8-6-9(10(16)17)14-11(18)21-13(2,3)4/h9H,5-8H2,1-4H3,(H,14,18)(H,16,17)(H,19,20). The monoisotopic (exact) mass is 304 g/mol. The molecule has 0 rings (SSSR count). The molecule has 0 saturated carbocycles. The first-order valence-electron chi connectivity index (χ1n) is 6.77. The molecule has 0 aromatic rings. The number of amides is 2. The van der Waals surface area contributed by atoms with Gasteiger partial charge < -0.3 is 25.2 Å². The maximum atomic E-state index is 11.6. The summed E-state index contributed by atoms with van der Waals surface area (Å²) in [5.41, 5.74) is -0.734. The quantitative estimate of drug-likeness (QED) is 0.659. The van der Waals surface area contributed by atoms with Gasteiger partial charge in [0.25, 0.3) is 0 Å². The SMILES string of the molecule is CCCN(CCC(NC(=O)OC(C)(C)C)C(=O)O)C(=O)O. The lowest BCUT2D eigenvalue weighted by Gasteiger charge is -2.23.